The number of carbonyl (C=O) groups is 3. The van der Waals surface area contributed by atoms with Gasteiger partial charge in [0, 0.05) is 19.3 Å². The van der Waals surface area contributed by atoms with Gasteiger partial charge < -0.3 is 14.2 Å². The molecule has 0 fully saturated rings. The van der Waals surface area contributed by atoms with Crippen molar-refractivity contribution in [3.8, 4) is 0 Å². The molecule has 0 saturated heterocycles. The van der Waals surface area contributed by atoms with E-state index in [2.05, 4.69) is 81.5 Å². The second kappa shape index (κ2) is 46.8. The van der Waals surface area contributed by atoms with Crippen molar-refractivity contribution in [1.82, 2.24) is 0 Å². The zero-order valence-corrected chi connectivity index (χ0v) is 38.0. The van der Waals surface area contributed by atoms with E-state index in [4.69, 9.17) is 14.2 Å². The van der Waals surface area contributed by atoms with Gasteiger partial charge in [0.05, 0.1) is 0 Å². The Hall–Kier alpha value is -2.89. The molecular weight excluding hydrogens is 721 g/mol. The zero-order valence-electron chi connectivity index (χ0n) is 38.0. The molecule has 6 nitrogen and oxygen atoms in total. The van der Waals surface area contributed by atoms with Crippen LogP contribution in [0.1, 0.15) is 233 Å². The van der Waals surface area contributed by atoms with Crippen LogP contribution >= 0.6 is 0 Å². The zero-order chi connectivity index (χ0) is 42.3. The molecule has 58 heavy (non-hydrogen) atoms. The summed E-state index contributed by atoms with van der Waals surface area (Å²) in [5.74, 6) is -0.910. The van der Waals surface area contributed by atoms with Gasteiger partial charge in [-0.25, -0.2) is 0 Å². The minimum atomic E-state index is -0.783. The quantitative estimate of drug-likeness (QED) is 0.0264. The number of unbranched alkanes of at least 4 members (excludes halogenated alkanes) is 22. The molecule has 334 valence electrons. The van der Waals surface area contributed by atoms with Crippen molar-refractivity contribution < 1.29 is 28.6 Å². The first-order valence-electron chi connectivity index (χ1n) is 24.3. The van der Waals surface area contributed by atoms with Crippen LogP contribution in [0.2, 0.25) is 0 Å². The maximum atomic E-state index is 12.8. The molecule has 0 amide bonds. The Labute approximate surface area is 358 Å². The van der Waals surface area contributed by atoms with Crippen molar-refractivity contribution in [3.05, 3.63) is 60.8 Å². The Morgan fingerprint density at radius 1 is 0.362 bits per heavy atom. The largest absolute Gasteiger partial charge is 0.462 e. The predicted molar refractivity (Wildman–Crippen MR) is 247 cm³/mol. The summed E-state index contributed by atoms with van der Waals surface area (Å²) in [5, 5.41) is 0. The van der Waals surface area contributed by atoms with E-state index in [9.17, 15) is 14.4 Å². The van der Waals surface area contributed by atoms with Crippen LogP contribution in [0.3, 0.4) is 0 Å². The first-order valence-corrected chi connectivity index (χ1v) is 24.3. The minimum absolute atomic E-state index is 0.0845. The topological polar surface area (TPSA) is 78.9 Å². The molecule has 1 unspecified atom stereocenters. The molecule has 0 saturated carbocycles. The molecule has 0 rings (SSSR count). The highest BCUT2D eigenvalue weighted by molar-refractivity contribution is 5.71. The number of hydrogen-bond donors (Lipinski definition) is 0. The summed E-state index contributed by atoms with van der Waals surface area (Å²) in [4.78, 5) is 37.9. The smallest absolute Gasteiger partial charge is 0.306 e. The molecule has 6 heteroatoms. The first kappa shape index (κ1) is 55.1. The Balaban J connectivity index is 4.40. The lowest BCUT2D eigenvalue weighted by Crippen LogP contribution is -2.30. The van der Waals surface area contributed by atoms with E-state index in [0.29, 0.717) is 19.3 Å². The van der Waals surface area contributed by atoms with E-state index in [1.54, 1.807) is 0 Å². The van der Waals surface area contributed by atoms with Gasteiger partial charge >= 0.3 is 17.9 Å². The van der Waals surface area contributed by atoms with Crippen LogP contribution in [0.15, 0.2) is 60.8 Å². The third kappa shape index (κ3) is 44.2. The van der Waals surface area contributed by atoms with Gasteiger partial charge in [0.1, 0.15) is 13.2 Å². The van der Waals surface area contributed by atoms with Crippen molar-refractivity contribution in [2.24, 2.45) is 0 Å². The molecule has 0 heterocycles. The average Bonchev–Trinajstić information content (AvgIpc) is 3.22. The second-order valence-corrected chi connectivity index (χ2v) is 16.0. The van der Waals surface area contributed by atoms with Gasteiger partial charge in [-0.2, -0.15) is 0 Å². The highest BCUT2D eigenvalue weighted by atomic mass is 16.6. The predicted octanol–water partition coefficient (Wildman–Crippen LogP) is 15.7. The molecular formula is C52H90O6. The second-order valence-electron chi connectivity index (χ2n) is 16.0. The number of allylic oxidation sites excluding steroid dienone is 10. The van der Waals surface area contributed by atoms with Gasteiger partial charge in [-0.1, -0.05) is 178 Å². The lowest BCUT2D eigenvalue weighted by Gasteiger charge is -2.18. The summed E-state index contributed by atoms with van der Waals surface area (Å²) in [7, 11) is 0. The number of hydrogen-bond acceptors (Lipinski definition) is 6. The van der Waals surface area contributed by atoms with Gasteiger partial charge in [-0.15, -0.1) is 0 Å². The SMILES string of the molecule is CC/C=C\C/C=C\CCCCCCCCCC(=O)OCC(COC(=O)CCCCCCC/C=C\CCCCC)OC(=O)CCCCCCCCC/C=C\C/C=C\CC. The molecule has 0 aromatic rings. The molecule has 0 radical (unpaired) electrons. The highest BCUT2D eigenvalue weighted by Gasteiger charge is 2.19. The Morgan fingerprint density at radius 2 is 0.672 bits per heavy atom. The fourth-order valence-electron chi connectivity index (χ4n) is 6.63. The summed E-state index contributed by atoms with van der Waals surface area (Å²) in [6.07, 6.45) is 56.3. The Morgan fingerprint density at radius 3 is 1.05 bits per heavy atom. The Kier molecular flexibility index (Phi) is 44.5. The van der Waals surface area contributed by atoms with Crippen molar-refractivity contribution in [1.29, 1.82) is 0 Å². The van der Waals surface area contributed by atoms with Gasteiger partial charge in [0.25, 0.3) is 0 Å². The summed E-state index contributed by atoms with van der Waals surface area (Å²) >= 11 is 0. The fourth-order valence-corrected chi connectivity index (χ4v) is 6.63. The third-order valence-electron chi connectivity index (χ3n) is 10.2. The fraction of sp³-hybridized carbons (Fsp3) is 0.750. The average molecular weight is 811 g/mol. The van der Waals surface area contributed by atoms with Gasteiger partial charge in [0.15, 0.2) is 6.10 Å². The maximum absolute atomic E-state index is 12.8. The van der Waals surface area contributed by atoms with Crippen LogP contribution in [0.4, 0.5) is 0 Å². The van der Waals surface area contributed by atoms with E-state index in [1.807, 2.05) is 0 Å². The lowest BCUT2D eigenvalue weighted by atomic mass is 10.1. The molecule has 0 N–H and O–H groups in total. The van der Waals surface area contributed by atoms with Crippen LogP contribution in [-0.2, 0) is 28.6 Å². The third-order valence-corrected chi connectivity index (χ3v) is 10.2. The van der Waals surface area contributed by atoms with Gasteiger partial charge in [-0.3, -0.25) is 14.4 Å². The molecule has 0 aliphatic carbocycles. The van der Waals surface area contributed by atoms with Crippen LogP contribution in [0.25, 0.3) is 0 Å². The summed E-state index contributed by atoms with van der Waals surface area (Å²) in [6, 6.07) is 0. The summed E-state index contributed by atoms with van der Waals surface area (Å²) < 4.78 is 16.7. The summed E-state index contributed by atoms with van der Waals surface area (Å²) in [5.41, 5.74) is 0. The van der Waals surface area contributed by atoms with Gasteiger partial charge in [0.2, 0.25) is 0 Å². The normalized spacial score (nSPS) is 12.5. The highest BCUT2D eigenvalue weighted by Crippen LogP contribution is 2.14. The molecule has 0 aliphatic rings. The van der Waals surface area contributed by atoms with Crippen molar-refractivity contribution in [2.75, 3.05) is 13.2 Å². The van der Waals surface area contributed by atoms with Crippen molar-refractivity contribution >= 4 is 17.9 Å². The van der Waals surface area contributed by atoms with E-state index < -0.39 is 6.10 Å². The molecule has 0 spiro atoms. The molecule has 0 bridgehead atoms. The van der Waals surface area contributed by atoms with E-state index in [-0.39, 0.29) is 31.1 Å². The van der Waals surface area contributed by atoms with Crippen molar-refractivity contribution in [3.63, 3.8) is 0 Å². The maximum Gasteiger partial charge on any atom is 0.306 e. The number of rotatable bonds is 43. The van der Waals surface area contributed by atoms with E-state index in [1.165, 1.54) is 89.9 Å². The van der Waals surface area contributed by atoms with E-state index >= 15 is 0 Å². The molecule has 0 aliphatic heterocycles. The summed E-state index contributed by atoms with van der Waals surface area (Å²) in [6.45, 7) is 6.38. The number of esters is 3. The van der Waals surface area contributed by atoms with Crippen LogP contribution in [0, 0.1) is 0 Å². The number of carbonyl (C=O) groups excluding carboxylic acids is 3. The van der Waals surface area contributed by atoms with Crippen LogP contribution in [0.5, 0.6) is 0 Å². The lowest BCUT2D eigenvalue weighted by molar-refractivity contribution is -0.167. The van der Waals surface area contributed by atoms with Crippen LogP contribution in [-0.4, -0.2) is 37.2 Å². The molecule has 0 aromatic carbocycles. The van der Waals surface area contributed by atoms with E-state index in [0.717, 1.165) is 103 Å². The standard InChI is InChI=1S/C52H90O6/c1-4-7-10-13-16-19-22-25-27-30-33-36-39-42-45-51(54)57-48-49(47-56-50(53)44-41-38-35-32-29-24-21-18-15-12-9-6-3)58-52(55)46-43-40-37-34-31-28-26-23-20-17-14-11-8-5-2/h7-8,10-11,16-21,49H,4-6,9,12-15,22-48H2,1-3H3/b10-7-,11-8-,19-16-,20-17-,21-18-. The monoisotopic (exact) mass is 811 g/mol. The molecule has 0 aromatic heterocycles. The van der Waals surface area contributed by atoms with Gasteiger partial charge in [-0.05, 0) is 96.3 Å². The van der Waals surface area contributed by atoms with Crippen LogP contribution < -0.4 is 0 Å². The molecule has 1 atom stereocenters. The first-order chi connectivity index (χ1) is 28.5. The van der Waals surface area contributed by atoms with Crippen molar-refractivity contribution in [2.45, 2.75) is 239 Å². The number of ether oxygens (including phenoxy) is 3. The minimum Gasteiger partial charge on any atom is -0.462 e. The Bertz CT molecular complexity index is 1070.